The average Bonchev–Trinajstić information content (AvgIpc) is 2.71. The summed E-state index contributed by atoms with van der Waals surface area (Å²) in [7, 11) is 0. The number of hydrogen-bond acceptors (Lipinski definition) is 2. The van der Waals surface area contributed by atoms with E-state index in [-0.39, 0.29) is 18.0 Å². The molecule has 94 valence electrons. The van der Waals surface area contributed by atoms with E-state index in [1.54, 1.807) is 23.0 Å². The number of Topliss-reactive ketones (excluding diaryl/α,β-unsaturated/α-hetero) is 1. The molecule has 4 heteroatoms. The number of aromatic nitrogens is 2. The van der Waals surface area contributed by atoms with E-state index in [1.807, 2.05) is 32.0 Å². The summed E-state index contributed by atoms with van der Waals surface area (Å²) < 4.78 is 3.02. The van der Waals surface area contributed by atoms with Gasteiger partial charge < -0.3 is 0 Å². The van der Waals surface area contributed by atoms with Crippen LogP contribution in [0, 0.1) is 6.92 Å². The van der Waals surface area contributed by atoms with Crippen molar-refractivity contribution in [3.8, 4) is 0 Å². The number of aryl methyl sites for hydroxylation is 2. The van der Waals surface area contributed by atoms with Gasteiger partial charge in [0.15, 0.2) is 5.78 Å². The Kier molecular flexibility index (Phi) is 3.46. The van der Waals surface area contributed by atoms with Crippen LogP contribution in [0.25, 0.3) is 0 Å². The molecule has 0 saturated heterocycles. The summed E-state index contributed by atoms with van der Waals surface area (Å²) in [5.41, 5.74) is 1.47. The van der Waals surface area contributed by atoms with Crippen molar-refractivity contribution in [3.63, 3.8) is 0 Å². The van der Waals surface area contributed by atoms with Crippen LogP contribution in [0.5, 0.6) is 0 Å². The Balaban J connectivity index is 2.25. The Bertz CT molecular complexity index is 623. The summed E-state index contributed by atoms with van der Waals surface area (Å²) in [5, 5.41) is 0. The van der Waals surface area contributed by atoms with Crippen molar-refractivity contribution in [2.45, 2.75) is 26.9 Å². The lowest BCUT2D eigenvalue weighted by Gasteiger charge is -2.04. The molecule has 0 N–H and O–H groups in total. The fourth-order valence-electron chi connectivity index (χ4n) is 1.94. The summed E-state index contributed by atoms with van der Waals surface area (Å²) in [5.74, 6) is -0.0379. The van der Waals surface area contributed by atoms with Crippen molar-refractivity contribution in [2.75, 3.05) is 0 Å². The maximum absolute atomic E-state index is 12.1. The van der Waals surface area contributed by atoms with Crippen LogP contribution < -0.4 is 5.69 Å². The van der Waals surface area contributed by atoms with Gasteiger partial charge in [0.1, 0.15) is 0 Å². The summed E-state index contributed by atoms with van der Waals surface area (Å²) in [4.78, 5) is 23.9. The molecule has 0 fully saturated rings. The summed E-state index contributed by atoms with van der Waals surface area (Å²) in [6.45, 7) is 4.50. The maximum Gasteiger partial charge on any atom is 0.328 e. The third-order valence-corrected chi connectivity index (χ3v) is 3.02. The van der Waals surface area contributed by atoms with E-state index in [1.165, 1.54) is 4.57 Å². The lowest BCUT2D eigenvalue weighted by molar-refractivity contribution is 0.0970. The van der Waals surface area contributed by atoms with Crippen LogP contribution in [-0.4, -0.2) is 14.9 Å². The quantitative estimate of drug-likeness (QED) is 0.770. The number of rotatable bonds is 4. The Labute approximate surface area is 105 Å². The Morgan fingerprint density at radius 2 is 1.83 bits per heavy atom. The molecule has 0 radical (unpaired) electrons. The van der Waals surface area contributed by atoms with Gasteiger partial charge in [-0.15, -0.1) is 0 Å². The molecule has 0 aliphatic rings. The summed E-state index contributed by atoms with van der Waals surface area (Å²) in [6.07, 6.45) is 3.36. The highest BCUT2D eigenvalue weighted by molar-refractivity contribution is 5.97. The van der Waals surface area contributed by atoms with Gasteiger partial charge in [0.2, 0.25) is 0 Å². The van der Waals surface area contributed by atoms with Gasteiger partial charge in [-0.3, -0.25) is 13.9 Å². The van der Waals surface area contributed by atoms with E-state index in [0.717, 1.165) is 5.56 Å². The smallest absolute Gasteiger partial charge is 0.300 e. The molecule has 1 aromatic carbocycles. The highest BCUT2D eigenvalue weighted by atomic mass is 16.2. The number of ketones is 1. The van der Waals surface area contributed by atoms with Gasteiger partial charge in [0.25, 0.3) is 0 Å². The first-order valence-corrected chi connectivity index (χ1v) is 5.98. The van der Waals surface area contributed by atoms with Gasteiger partial charge in [-0.25, -0.2) is 4.79 Å². The SMILES string of the molecule is CCn1ccn(CC(=O)c2ccccc2C)c1=O. The highest BCUT2D eigenvalue weighted by Crippen LogP contribution is 2.08. The molecule has 0 amide bonds. The minimum Gasteiger partial charge on any atom is -0.300 e. The van der Waals surface area contributed by atoms with Crippen LogP contribution in [0.3, 0.4) is 0 Å². The molecule has 4 nitrogen and oxygen atoms in total. The standard InChI is InChI=1S/C14H16N2O2/c1-3-15-8-9-16(14(15)18)10-13(17)12-7-5-4-6-11(12)2/h4-9H,3,10H2,1-2H3. The average molecular weight is 244 g/mol. The first-order chi connectivity index (χ1) is 8.63. The van der Waals surface area contributed by atoms with Crippen LogP contribution in [0.1, 0.15) is 22.8 Å². The number of benzene rings is 1. The van der Waals surface area contributed by atoms with Crippen molar-refractivity contribution in [2.24, 2.45) is 0 Å². The van der Waals surface area contributed by atoms with Crippen LogP contribution in [0.4, 0.5) is 0 Å². The van der Waals surface area contributed by atoms with Crippen molar-refractivity contribution in [3.05, 3.63) is 58.3 Å². The van der Waals surface area contributed by atoms with E-state index >= 15 is 0 Å². The second kappa shape index (κ2) is 5.04. The molecule has 1 aromatic heterocycles. The number of imidazole rings is 1. The second-order valence-electron chi connectivity index (χ2n) is 4.23. The van der Waals surface area contributed by atoms with E-state index < -0.39 is 0 Å². The second-order valence-corrected chi connectivity index (χ2v) is 4.23. The molecule has 18 heavy (non-hydrogen) atoms. The first-order valence-electron chi connectivity index (χ1n) is 5.98. The van der Waals surface area contributed by atoms with E-state index in [9.17, 15) is 9.59 Å². The van der Waals surface area contributed by atoms with Gasteiger partial charge in [0, 0.05) is 24.5 Å². The predicted octanol–water partition coefficient (Wildman–Crippen LogP) is 1.86. The maximum atomic E-state index is 12.1. The van der Waals surface area contributed by atoms with Gasteiger partial charge in [0.05, 0.1) is 6.54 Å². The highest BCUT2D eigenvalue weighted by Gasteiger charge is 2.11. The van der Waals surface area contributed by atoms with Gasteiger partial charge in [-0.2, -0.15) is 0 Å². The van der Waals surface area contributed by atoms with Gasteiger partial charge in [-0.05, 0) is 19.4 Å². The van der Waals surface area contributed by atoms with Crippen LogP contribution in [0.15, 0.2) is 41.5 Å². The molecule has 0 unspecified atom stereocenters. The van der Waals surface area contributed by atoms with Gasteiger partial charge >= 0.3 is 5.69 Å². The Hall–Kier alpha value is -2.10. The zero-order valence-electron chi connectivity index (χ0n) is 10.6. The normalized spacial score (nSPS) is 10.6. The van der Waals surface area contributed by atoms with Crippen molar-refractivity contribution < 1.29 is 4.79 Å². The molecule has 0 bridgehead atoms. The monoisotopic (exact) mass is 244 g/mol. The van der Waals surface area contributed by atoms with Crippen molar-refractivity contribution in [1.29, 1.82) is 0 Å². The van der Waals surface area contributed by atoms with Crippen LogP contribution >= 0.6 is 0 Å². The predicted molar refractivity (Wildman–Crippen MR) is 69.9 cm³/mol. The third-order valence-electron chi connectivity index (χ3n) is 3.02. The molecule has 0 aliphatic carbocycles. The first kappa shape index (κ1) is 12.4. The van der Waals surface area contributed by atoms with Gasteiger partial charge in [-0.1, -0.05) is 24.3 Å². The number of hydrogen-bond donors (Lipinski definition) is 0. The summed E-state index contributed by atoms with van der Waals surface area (Å²) in [6, 6.07) is 7.42. The fourth-order valence-corrected chi connectivity index (χ4v) is 1.94. The minimum atomic E-state index is -0.139. The molecule has 1 heterocycles. The lowest BCUT2D eigenvalue weighted by Crippen LogP contribution is -2.26. The van der Waals surface area contributed by atoms with Crippen molar-refractivity contribution in [1.82, 2.24) is 9.13 Å². The van der Waals surface area contributed by atoms with Crippen LogP contribution in [-0.2, 0) is 13.1 Å². The third kappa shape index (κ3) is 2.27. The molecule has 0 saturated carbocycles. The zero-order valence-corrected chi connectivity index (χ0v) is 10.6. The van der Waals surface area contributed by atoms with Crippen LogP contribution in [0.2, 0.25) is 0 Å². The van der Waals surface area contributed by atoms with E-state index in [2.05, 4.69) is 0 Å². The number of carbonyl (C=O) groups is 1. The topological polar surface area (TPSA) is 44.0 Å². The summed E-state index contributed by atoms with van der Waals surface area (Å²) >= 11 is 0. The Morgan fingerprint density at radius 3 is 2.44 bits per heavy atom. The molecule has 0 spiro atoms. The zero-order chi connectivity index (χ0) is 13.1. The lowest BCUT2D eigenvalue weighted by atomic mass is 10.1. The molecule has 2 rings (SSSR count). The van der Waals surface area contributed by atoms with Crippen molar-refractivity contribution >= 4 is 5.78 Å². The fraction of sp³-hybridized carbons (Fsp3) is 0.286. The number of nitrogens with zero attached hydrogens (tertiary/aromatic N) is 2. The number of carbonyl (C=O) groups excluding carboxylic acids is 1. The molecule has 0 aliphatic heterocycles. The largest absolute Gasteiger partial charge is 0.328 e. The molecular weight excluding hydrogens is 228 g/mol. The van der Waals surface area contributed by atoms with E-state index in [0.29, 0.717) is 12.1 Å². The van der Waals surface area contributed by atoms with E-state index in [4.69, 9.17) is 0 Å². The molecular formula is C14H16N2O2. The molecule has 0 atom stereocenters. The molecule has 2 aromatic rings. The minimum absolute atomic E-state index is 0.0379. The Morgan fingerprint density at radius 1 is 1.17 bits per heavy atom.